The van der Waals surface area contributed by atoms with Crippen LogP contribution < -0.4 is 5.32 Å². The molecule has 1 N–H and O–H groups in total. The number of anilines is 1. The third-order valence-corrected chi connectivity index (χ3v) is 2.71. The number of carbonyl (C=O) groups excluding carboxylic acids is 1. The lowest BCUT2D eigenvalue weighted by Crippen LogP contribution is -2.19. The molecule has 0 saturated heterocycles. The van der Waals surface area contributed by atoms with Crippen LogP contribution in [0.3, 0.4) is 0 Å². The van der Waals surface area contributed by atoms with Gasteiger partial charge < -0.3 is 9.88 Å². The summed E-state index contributed by atoms with van der Waals surface area (Å²) >= 11 is 5.80. The molecule has 0 aliphatic heterocycles. The van der Waals surface area contributed by atoms with Gasteiger partial charge in [0.05, 0.1) is 12.2 Å². The van der Waals surface area contributed by atoms with Crippen molar-refractivity contribution in [2.45, 2.75) is 13.0 Å². The van der Waals surface area contributed by atoms with E-state index in [9.17, 15) is 13.6 Å². The van der Waals surface area contributed by atoms with E-state index >= 15 is 0 Å². The van der Waals surface area contributed by atoms with Gasteiger partial charge in [0.25, 0.3) is 12.3 Å². The van der Waals surface area contributed by atoms with Crippen molar-refractivity contribution in [3.05, 3.63) is 47.5 Å². The summed E-state index contributed by atoms with van der Waals surface area (Å²) in [4.78, 5) is 15.8. The van der Waals surface area contributed by atoms with Crippen molar-refractivity contribution in [3.63, 3.8) is 0 Å². The van der Waals surface area contributed by atoms with Gasteiger partial charge in [0.1, 0.15) is 5.69 Å². The van der Waals surface area contributed by atoms with E-state index in [0.717, 1.165) is 0 Å². The maximum atomic E-state index is 12.3. The number of hydrogen-bond acceptors (Lipinski definition) is 2. The molecule has 0 unspecified atom stereocenters. The number of hydrogen-bond donors (Lipinski definition) is 1. The summed E-state index contributed by atoms with van der Waals surface area (Å²) in [5, 5.41) is 2.67. The van der Waals surface area contributed by atoms with Gasteiger partial charge in [0.2, 0.25) is 0 Å². The van der Waals surface area contributed by atoms with Crippen LogP contribution in [0.1, 0.15) is 10.5 Å². The highest BCUT2D eigenvalue weighted by Crippen LogP contribution is 2.18. The minimum absolute atomic E-state index is 0.139. The van der Waals surface area contributed by atoms with Gasteiger partial charge in [-0.1, -0.05) is 11.6 Å². The molecular formula is C12H10ClF2N3O. The van der Waals surface area contributed by atoms with Crippen LogP contribution in [0.5, 0.6) is 0 Å². The first-order valence-electron chi connectivity index (χ1n) is 5.43. The van der Waals surface area contributed by atoms with E-state index in [4.69, 9.17) is 11.6 Å². The molecule has 0 aromatic carbocycles. The quantitative estimate of drug-likeness (QED) is 0.878. The predicted octanol–water partition coefficient (Wildman–Crippen LogP) is 3.05. The zero-order valence-electron chi connectivity index (χ0n) is 9.69. The van der Waals surface area contributed by atoms with E-state index in [0.29, 0.717) is 5.69 Å². The van der Waals surface area contributed by atoms with Crippen LogP contribution in [0, 0.1) is 0 Å². The van der Waals surface area contributed by atoms with E-state index in [-0.39, 0.29) is 10.8 Å². The van der Waals surface area contributed by atoms with E-state index in [1.807, 2.05) is 0 Å². The van der Waals surface area contributed by atoms with Crippen LogP contribution in [-0.2, 0) is 6.54 Å². The number of aromatic nitrogens is 2. The molecule has 1 amide bonds. The van der Waals surface area contributed by atoms with Crippen LogP contribution in [0.2, 0.25) is 5.15 Å². The van der Waals surface area contributed by atoms with Crippen molar-refractivity contribution in [1.82, 2.24) is 9.55 Å². The molecule has 2 aromatic rings. The number of amides is 1. The second-order valence-electron chi connectivity index (χ2n) is 3.73. The fourth-order valence-electron chi connectivity index (χ4n) is 1.59. The zero-order chi connectivity index (χ0) is 13.8. The summed E-state index contributed by atoms with van der Waals surface area (Å²) in [6.45, 7) is -0.531. The van der Waals surface area contributed by atoms with Crippen LogP contribution in [0.25, 0.3) is 0 Å². The molecule has 2 rings (SSSR count). The lowest BCUT2D eigenvalue weighted by Gasteiger charge is -2.09. The summed E-state index contributed by atoms with van der Waals surface area (Å²) in [7, 11) is 0. The molecule has 0 spiro atoms. The Morgan fingerprint density at radius 2 is 2.21 bits per heavy atom. The summed E-state index contributed by atoms with van der Waals surface area (Å²) in [5.74, 6) is -0.513. The maximum absolute atomic E-state index is 12.3. The van der Waals surface area contributed by atoms with E-state index in [1.165, 1.54) is 29.1 Å². The maximum Gasteiger partial charge on any atom is 0.272 e. The largest absolute Gasteiger partial charge is 0.338 e. The van der Waals surface area contributed by atoms with Gasteiger partial charge in [-0.3, -0.25) is 4.79 Å². The topological polar surface area (TPSA) is 46.9 Å². The van der Waals surface area contributed by atoms with Gasteiger partial charge in [0, 0.05) is 12.4 Å². The fourth-order valence-corrected chi connectivity index (χ4v) is 1.76. The van der Waals surface area contributed by atoms with Crippen molar-refractivity contribution >= 4 is 23.2 Å². The minimum atomic E-state index is -2.53. The van der Waals surface area contributed by atoms with Gasteiger partial charge in [-0.2, -0.15) is 0 Å². The highest BCUT2D eigenvalue weighted by atomic mass is 35.5. The summed E-state index contributed by atoms with van der Waals surface area (Å²) in [5.41, 5.74) is 0.471. The van der Waals surface area contributed by atoms with Gasteiger partial charge in [0.15, 0.2) is 5.15 Å². The van der Waals surface area contributed by atoms with Crippen LogP contribution >= 0.6 is 11.6 Å². The molecule has 0 fully saturated rings. The van der Waals surface area contributed by atoms with Gasteiger partial charge >= 0.3 is 0 Å². The predicted molar refractivity (Wildman–Crippen MR) is 67.6 cm³/mol. The number of nitrogens with one attached hydrogen (secondary N) is 1. The van der Waals surface area contributed by atoms with Crippen molar-refractivity contribution < 1.29 is 13.6 Å². The minimum Gasteiger partial charge on any atom is -0.338 e. The molecule has 0 atom stereocenters. The zero-order valence-corrected chi connectivity index (χ0v) is 10.4. The first kappa shape index (κ1) is 13.5. The average Bonchev–Trinajstić information content (AvgIpc) is 2.79. The summed E-state index contributed by atoms with van der Waals surface area (Å²) in [6, 6.07) is 6.18. The summed E-state index contributed by atoms with van der Waals surface area (Å²) < 4.78 is 25.9. The number of alkyl halides is 2. The Hall–Kier alpha value is -1.95. The Morgan fingerprint density at radius 1 is 1.42 bits per heavy atom. The summed E-state index contributed by atoms with van der Waals surface area (Å²) in [6.07, 6.45) is 0.379. The Balaban J connectivity index is 2.17. The number of carbonyl (C=O) groups is 1. The van der Waals surface area contributed by atoms with Crippen molar-refractivity contribution in [1.29, 1.82) is 0 Å². The number of nitrogens with zero attached hydrogens (tertiary/aromatic N) is 2. The van der Waals surface area contributed by atoms with Gasteiger partial charge in [-0.25, -0.2) is 13.8 Å². The van der Waals surface area contributed by atoms with Crippen molar-refractivity contribution in [3.8, 4) is 0 Å². The average molecular weight is 286 g/mol. The Kier molecular flexibility index (Phi) is 4.11. The fraction of sp³-hybridized carbons (Fsp3) is 0.167. The Morgan fingerprint density at radius 3 is 2.89 bits per heavy atom. The molecular weight excluding hydrogens is 276 g/mol. The highest BCUT2D eigenvalue weighted by Gasteiger charge is 2.15. The Bertz CT molecular complexity index is 586. The molecule has 0 saturated carbocycles. The van der Waals surface area contributed by atoms with Crippen molar-refractivity contribution in [2.24, 2.45) is 0 Å². The standard InChI is InChI=1S/C12H10ClF2N3O/c13-11-8(3-1-5-16-11)17-12(19)9-4-2-6-18(9)7-10(14)15/h1-6,10H,7H2,(H,17,19). The third-order valence-electron chi connectivity index (χ3n) is 2.40. The smallest absolute Gasteiger partial charge is 0.272 e. The van der Waals surface area contributed by atoms with Gasteiger partial charge in [-0.05, 0) is 24.3 Å². The third kappa shape index (κ3) is 3.29. The molecule has 0 aliphatic carbocycles. The van der Waals surface area contributed by atoms with Crippen LogP contribution in [0.4, 0.5) is 14.5 Å². The monoisotopic (exact) mass is 285 g/mol. The highest BCUT2D eigenvalue weighted by molar-refractivity contribution is 6.32. The van der Waals surface area contributed by atoms with Crippen LogP contribution in [-0.4, -0.2) is 21.9 Å². The molecule has 0 aliphatic rings. The van der Waals surface area contributed by atoms with E-state index in [2.05, 4.69) is 10.3 Å². The van der Waals surface area contributed by atoms with Crippen molar-refractivity contribution in [2.75, 3.05) is 5.32 Å². The molecule has 4 nitrogen and oxygen atoms in total. The molecule has 2 aromatic heterocycles. The van der Waals surface area contributed by atoms with Gasteiger partial charge in [-0.15, -0.1) is 0 Å². The first-order chi connectivity index (χ1) is 9.08. The normalized spacial score (nSPS) is 10.7. The number of pyridine rings is 1. The first-order valence-corrected chi connectivity index (χ1v) is 5.81. The second-order valence-corrected chi connectivity index (χ2v) is 4.09. The lowest BCUT2D eigenvalue weighted by molar-refractivity contribution is 0.0997. The van der Waals surface area contributed by atoms with E-state index < -0.39 is 18.9 Å². The lowest BCUT2D eigenvalue weighted by atomic mass is 10.3. The molecule has 100 valence electrons. The molecule has 7 heteroatoms. The number of halogens is 3. The molecule has 19 heavy (non-hydrogen) atoms. The Labute approximate surface area is 113 Å². The second kappa shape index (κ2) is 5.79. The SMILES string of the molecule is O=C(Nc1cccnc1Cl)c1cccn1CC(F)F. The number of rotatable bonds is 4. The van der Waals surface area contributed by atoms with E-state index in [1.54, 1.807) is 12.1 Å². The molecule has 0 radical (unpaired) electrons. The van der Waals surface area contributed by atoms with Crippen LogP contribution in [0.15, 0.2) is 36.7 Å². The molecule has 0 bridgehead atoms. The molecule has 2 heterocycles.